The second-order valence-electron chi connectivity index (χ2n) is 5.17. The Morgan fingerprint density at radius 3 is 2.68 bits per heavy atom. The molecule has 3 aromatic rings. The Bertz CT molecular complexity index is 992. The van der Waals surface area contributed by atoms with Crippen LogP contribution in [-0.4, -0.2) is 23.1 Å². The maximum Gasteiger partial charge on any atom is 0.326 e. The van der Waals surface area contributed by atoms with Gasteiger partial charge in [-0.15, -0.1) is 0 Å². The minimum atomic E-state index is -0.384. The molecule has 5 nitrogen and oxygen atoms in total. The van der Waals surface area contributed by atoms with Gasteiger partial charge >= 0.3 is 5.97 Å². The van der Waals surface area contributed by atoms with Crippen LogP contribution in [-0.2, 0) is 16.1 Å². The molecule has 3 rings (SSSR count). The molecule has 0 spiro atoms. The zero-order valence-electron chi connectivity index (χ0n) is 13.4. The molecular formula is C18H15ClN2O3S. The number of carbonyl (C=O) groups excluding carboxylic acids is 2. The summed E-state index contributed by atoms with van der Waals surface area (Å²) in [6, 6.07) is 14.1. The number of hydrogen-bond donors (Lipinski definition) is 0. The summed E-state index contributed by atoms with van der Waals surface area (Å²) in [5.74, 6) is -0.748. The fourth-order valence-electron chi connectivity index (χ4n) is 2.35. The van der Waals surface area contributed by atoms with Crippen LogP contribution in [0.2, 0.25) is 5.02 Å². The molecule has 0 aliphatic rings. The van der Waals surface area contributed by atoms with Gasteiger partial charge in [-0.1, -0.05) is 41.1 Å². The van der Waals surface area contributed by atoms with Crippen molar-refractivity contribution in [2.75, 3.05) is 6.61 Å². The summed E-state index contributed by atoms with van der Waals surface area (Å²) in [5, 5.41) is 0.581. The highest BCUT2D eigenvalue weighted by Gasteiger charge is 2.13. The van der Waals surface area contributed by atoms with E-state index in [0.29, 0.717) is 22.0 Å². The van der Waals surface area contributed by atoms with Crippen LogP contribution in [0.15, 0.2) is 53.5 Å². The number of benzene rings is 2. The van der Waals surface area contributed by atoms with E-state index < -0.39 is 0 Å². The fraction of sp³-hybridized carbons (Fsp3) is 0.167. The van der Waals surface area contributed by atoms with Gasteiger partial charge in [0.05, 0.1) is 16.8 Å². The number of amides is 1. The number of fused-ring (bicyclic) bond motifs is 1. The molecule has 0 unspecified atom stereocenters. The number of aromatic nitrogens is 1. The molecule has 25 heavy (non-hydrogen) atoms. The zero-order chi connectivity index (χ0) is 17.8. The average Bonchev–Trinajstić information content (AvgIpc) is 2.92. The van der Waals surface area contributed by atoms with Gasteiger partial charge in [-0.25, -0.2) is 0 Å². The molecule has 0 N–H and O–H groups in total. The fourth-order valence-corrected chi connectivity index (χ4v) is 3.66. The highest BCUT2D eigenvalue weighted by molar-refractivity contribution is 7.16. The topological polar surface area (TPSA) is 60.7 Å². The molecule has 0 bridgehead atoms. The van der Waals surface area contributed by atoms with Crippen LogP contribution < -0.4 is 4.80 Å². The van der Waals surface area contributed by atoms with Crippen LogP contribution >= 0.6 is 22.9 Å². The molecule has 0 aliphatic heterocycles. The first-order chi connectivity index (χ1) is 12.1. The normalized spacial score (nSPS) is 11.7. The SMILES string of the molecule is CCOC(=O)Cn1c(=NC(=O)c2ccccc2)sc2cc(Cl)ccc21. The molecule has 2 aromatic carbocycles. The van der Waals surface area contributed by atoms with E-state index in [9.17, 15) is 9.59 Å². The quantitative estimate of drug-likeness (QED) is 0.655. The van der Waals surface area contributed by atoms with Crippen LogP contribution in [0.4, 0.5) is 0 Å². The molecule has 7 heteroatoms. The van der Waals surface area contributed by atoms with Crippen molar-refractivity contribution >= 4 is 45.0 Å². The molecule has 0 saturated heterocycles. The van der Waals surface area contributed by atoms with Crippen molar-refractivity contribution in [1.29, 1.82) is 0 Å². The van der Waals surface area contributed by atoms with Crippen LogP contribution in [0.25, 0.3) is 10.2 Å². The first-order valence-corrected chi connectivity index (χ1v) is 8.86. The maximum atomic E-state index is 12.4. The lowest BCUT2D eigenvalue weighted by molar-refractivity contribution is -0.143. The summed E-state index contributed by atoms with van der Waals surface area (Å²) in [5.41, 5.74) is 1.27. The lowest BCUT2D eigenvalue weighted by atomic mass is 10.2. The van der Waals surface area contributed by atoms with Crippen molar-refractivity contribution in [3.05, 3.63) is 63.9 Å². The van der Waals surface area contributed by atoms with Crippen LogP contribution in [0.5, 0.6) is 0 Å². The molecule has 0 radical (unpaired) electrons. The summed E-state index contributed by atoms with van der Waals surface area (Å²) >= 11 is 7.35. The average molecular weight is 375 g/mol. The summed E-state index contributed by atoms with van der Waals surface area (Å²) in [6.07, 6.45) is 0. The third-order valence-corrected chi connectivity index (χ3v) is 4.73. The van der Waals surface area contributed by atoms with E-state index in [1.165, 1.54) is 11.3 Å². The first kappa shape index (κ1) is 17.4. The highest BCUT2D eigenvalue weighted by atomic mass is 35.5. The summed E-state index contributed by atoms with van der Waals surface area (Å²) in [6.45, 7) is 2.03. The van der Waals surface area contributed by atoms with E-state index in [0.717, 1.165) is 10.2 Å². The van der Waals surface area contributed by atoms with E-state index >= 15 is 0 Å². The van der Waals surface area contributed by atoms with Gasteiger partial charge in [-0.2, -0.15) is 4.99 Å². The van der Waals surface area contributed by atoms with E-state index in [1.54, 1.807) is 54.0 Å². The summed E-state index contributed by atoms with van der Waals surface area (Å²) < 4.78 is 7.54. The highest BCUT2D eigenvalue weighted by Crippen LogP contribution is 2.22. The largest absolute Gasteiger partial charge is 0.465 e. The first-order valence-electron chi connectivity index (χ1n) is 7.67. The predicted octanol–water partition coefficient (Wildman–Crippen LogP) is 3.66. The van der Waals surface area contributed by atoms with Crippen LogP contribution in [0.1, 0.15) is 17.3 Å². The van der Waals surface area contributed by atoms with E-state index in [4.69, 9.17) is 16.3 Å². The van der Waals surface area contributed by atoms with Crippen LogP contribution in [0, 0.1) is 0 Å². The number of rotatable bonds is 4. The molecule has 1 heterocycles. The molecular weight excluding hydrogens is 360 g/mol. The number of ether oxygens (including phenoxy) is 1. The second-order valence-corrected chi connectivity index (χ2v) is 6.62. The van der Waals surface area contributed by atoms with Gasteiger partial charge in [0.15, 0.2) is 4.80 Å². The standard InChI is InChI=1S/C18H15ClN2O3S/c1-2-24-16(22)11-21-14-9-8-13(19)10-15(14)25-18(21)20-17(23)12-6-4-3-5-7-12/h3-10H,2,11H2,1H3. The Labute approximate surface area is 153 Å². The lowest BCUT2D eigenvalue weighted by Crippen LogP contribution is -2.23. The number of thiazole rings is 1. The second kappa shape index (κ2) is 7.63. The summed E-state index contributed by atoms with van der Waals surface area (Å²) in [7, 11) is 0. The van der Waals surface area contributed by atoms with Crippen molar-refractivity contribution in [1.82, 2.24) is 4.57 Å². The van der Waals surface area contributed by atoms with Gasteiger partial charge in [-0.3, -0.25) is 9.59 Å². The number of esters is 1. The molecule has 0 fully saturated rings. The minimum Gasteiger partial charge on any atom is -0.465 e. The predicted molar refractivity (Wildman–Crippen MR) is 97.8 cm³/mol. The van der Waals surface area contributed by atoms with Crippen molar-refractivity contribution in [3.63, 3.8) is 0 Å². The smallest absolute Gasteiger partial charge is 0.326 e. The molecule has 0 saturated carbocycles. The van der Waals surface area contributed by atoms with Gasteiger partial charge in [0, 0.05) is 10.6 Å². The minimum absolute atomic E-state index is 0.0175. The third kappa shape index (κ3) is 3.97. The lowest BCUT2D eigenvalue weighted by Gasteiger charge is -2.05. The Morgan fingerprint density at radius 2 is 1.96 bits per heavy atom. The van der Waals surface area contributed by atoms with Crippen molar-refractivity contribution in [3.8, 4) is 0 Å². The van der Waals surface area contributed by atoms with E-state index in [1.807, 2.05) is 6.07 Å². The van der Waals surface area contributed by atoms with Crippen molar-refractivity contribution < 1.29 is 14.3 Å². The van der Waals surface area contributed by atoms with E-state index in [2.05, 4.69) is 4.99 Å². The monoisotopic (exact) mass is 374 g/mol. The third-order valence-electron chi connectivity index (χ3n) is 3.46. The molecule has 1 amide bonds. The number of hydrogen-bond acceptors (Lipinski definition) is 4. The Kier molecular flexibility index (Phi) is 5.31. The van der Waals surface area contributed by atoms with Gasteiger partial charge in [0.1, 0.15) is 6.54 Å². The summed E-state index contributed by atoms with van der Waals surface area (Å²) in [4.78, 5) is 29.0. The number of halogens is 1. The molecule has 0 aliphatic carbocycles. The Balaban J connectivity index is 2.11. The van der Waals surface area contributed by atoms with Gasteiger partial charge in [-0.05, 0) is 37.3 Å². The van der Waals surface area contributed by atoms with Crippen molar-refractivity contribution in [2.24, 2.45) is 4.99 Å². The Morgan fingerprint density at radius 1 is 1.20 bits per heavy atom. The number of nitrogens with zero attached hydrogens (tertiary/aromatic N) is 2. The molecule has 128 valence electrons. The molecule has 0 atom stereocenters. The van der Waals surface area contributed by atoms with Crippen molar-refractivity contribution in [2.45, 2.75) is 13.5 Å². The molecule has 1 aromatic heterocycles. The Hall–Kier alpha value is -2.44. The van der Waals surface area contributed by atoms with Gasteiger partial charge < -0.3 is 9.30 Å². The van der Waals surface area contributed by atoms with Crippen LogP contribution in [0.3, 0.4) is 0 Å². The van der Waals surface area contributed by atoms with Gasteiger partial charge in [0.2, 0.25) is 0 Å². The van der Waals surface area contributed by atoms with Gasteiger partial charge in [0.25, 0.3) is 5.91 Å². The zero-order valence-corrected chi connectivity index (χ0v) is 15.0. The maximum absolute atomic E-state index is 12.4. The number of carbonyl (C=O) groups is 2. The van der Waals surface area contributed by atoms with E-state index in [-0.39, 0.29) is 18.4 Å².